The maximum absolute atomic E-state index is 10.9. The van der Waals surface area contributed by atoms with E-state index < -0.39 is 4.92 Å². The Morgan fingerprint density at radius 3 is 2.79 bits per heavy atom. The molecule has 19 heavy (non-hydrogen) atoms. The SMILES string of the molecule is Cc1cc(Oc2c(Br)cccc2[N+](=O)[O-])nc(N)n1. The van der Waals surface area contributed by atoms with E-state index in [0.29, 0.717) is 10.2 Å². The zero-order chi connectivity index (χ0) is 14.0. The van der Waals surface area contributed by atoms with Crippen LogP contribution >= 0.6 is 15.9 Å². The van der Waals surface area contributed by atoms with Crippen LogP contribution in [-0.4, -0.2) is 14.9 Å². The van der Waals surface area contributed by atoms with Crippen molar-refractivity contribution in [3.05, 3.63) is 44.5 Å². The lowest BCUT2D eigenvalue weighted by atomic mass is 10.3. The summed E-state index contributed by atoms with van der Waals surface area (Å²) in [6.07, 6.45) is 0. The van der Waals surface area contributed by atoms with Crippen molar-refractivity contribution < 1.29 is 9.66 Å². The molecule has 0 fully saturated rings. The van der Waals surface area contributed by atoms with Crippen LogP contribution in [0.15, 0.2) is 28.7 Å². The standard InChI is InChI=1S/C11H9BrN4O3/c1-6-5-9(15-11(13)14-6)19-10-7(12)3-2-4-8(10)16(17)18/h2-5H,1H3,(H2,13,14,15). The zero-order valence-corrected chi connectivity index (χ0v) is 11.4. The molecule has 0 aliphatic heterocycles. The van der Waals surface area contributed by atoms with Crippen molar-refractivity contribution in [2.45, 2.75) is 6.92 Å². The molecule has 0 unspecified atom stereocenters. The maximum atomic E-state index is 10.9. The van der Waals surface area contributed by atoms with Gasteiger partial charge in [0, 0.05) is 17.8 Å². The number of aromatic nitrogens is 2. The van der Waals surface area contributed by atoms with Gasteiger partial charge < -0.3 is 10.5 Å². The number of halogens is 1. The van der Waals surface area contributed by atoms with Crippen LogP contribution in [0.1, 0.15) is 5.69 Å². The maximum Gasteiger partial charge on any atom is 0.312 e. The van der Waals surface area contributed by atoms with E-state index >= 15 is 0 Å². The average Bonchev–Trinajstić information content (AvgIpc) is 2.30. The molecule has 98 valence electrons. The van der Waals surface area contributed by atoms with Crippen molar-refractivity contribution in [2.24, 2.45) is 0 Å². The molecule has 0 saturated carbocycles. The summed E-state index contributed by atoms with van der Waals surface area (Å²) >= 11 is 3.21. The van der Waals surface area contributed by atoms with Gasteiger partial charge in [0.05, 0.1) is 9.40 Å². The number of anilines is 1. The molecule has 0 atom stereocenters. The van der Waals surface area contributed by atoms with Gasteiger partial charge in [-0.1, -0.05) is 6.07 Å². The Bertz CT molecular complexity index is 628. The first kappa shape index (κ1) is 13.2. The first-order valence-electron chi connectivity index (χ1n) is 5.19. The number of rotatable bonds is 3. The van der Waals surface area contributed by atoms with Crippen molar-refractivity contribution in [1.29, 1.82) is 0 Å². The van der Waals surface area contributed by atoms with Gasteiger partial charge in [-0.3, -0.25) is 10.1 Å². The summed E-state index contributed by atoms with van der Waals surface area (Å²) in [5.41, 5.74) is 5.95. The van der Waals surface area contributed by atoms with Crippen LogP contribution < -0.4 is 10.5 Å². The van der Waals surface area contributed by atoms with E-state index in [9.17, 15) is 10.1 Å². The van der Waals surface area contributed by atoms with Gasteiger partial charge in [0.25, 0.3) is 0 Å². The van der Waals surface area contributed by atoms with E-state index in [1.807, 2.05) is 0 Å². The third-order valence-electron chi connectivity index (χ3n) is 2.20. The quantitative estimate of drug-likeness (QED) is 0.687. The Kier molecular flexibility index (Phi) is 3.61. The Morgan fingerprint density at radius 1 is 1.42 bits per heavy atom. The Balaban J connectivity index is 2.45. The molecule has 8 heteroatoms. The second-order valence-electron chi connectivity index (χ2n) is 3.65. The summed E-state index contributed by atoms with van der Waals surface area (Å²) < 4.78 is 5.90. The van der Waals surface area contributed by atoms with Crippen molar-refractivity contribution >= 4 is 27.6 Å². The molecule has 0 amide bonds. The summed E-state index contributed by atoms with van der Waals surface area (Å²) in [5, 5.41) is 10.9. The smallest absolute Gasteiger partial charge is 0.312 e. The predicted octanol–water partition coefficient (Wildman–Crippen LogP) is 2.83. The highest BCUT2D eigenvalue weighted by Gasteiger charge is 2.19. The van der Waals surface area contributed by atoms with Crippen LogP contribution in [0.4, 0.5) is 11.6 Å². The van der Waals surface area contributed by atoms with Crippen LogP contribution in [0, 0.1) is 17.0 Å². The summed E-state index contributed by atoms with van der Waals surface area (Å²) in [4.78, 5) is 18.2. The van der Waals surface area contributed by atoms with Gasteiger partial charge in [-0.2, -0.15) is 4.98 Å². The molecule has 1 aromatic carbocycles. The van der Waals surface area contributed by atoms with Crippen LogP contribution in [0.2, 0.25) is 0 Å². The molecule has 0 aliphatic carbocycles. The number of ether oxygens (including phenoxy) is 1. The van der Waals surface area contributed by atoms with E-state index in [-0.39, 0.29) is 23.3 Å². The fourth-order valence-electron chi connectivity index (χ4n) is 1.46. The molecule has 0 bridgehead atoms. The molecule has 0 saturated heterocycles. The third kappa shape index (κ3) is 2.97. The number of para-hydroxylation sites is 1. The van der Waals surface area contributed by atoms with Gasteiger partial charge in [-0.05, 0) is 28.9 Å². The largest absolute Gasteiger partial charge is 0.430 e. The predicted molar refractivity (Wildman–Crippen MR) is 72.1 cm³/mol. The third-order valence-corrected chi connectivity index (χ3v) is 2.82. The van der Waals surface area contributed by atoms with Crippen LogP contribution in [-0.2, 0) is 0 Å². The fraction of sp³-hybridized carbons (Fsp3) is 0.0909. The number of nitrogens with two attached hydrogens (primary N) is 1. The molecule has 1 heterocycles. The highest BCUT2D eigenvalue weighted by Crippen LogP contribution is 2.37. The minimum Gasteiger partial charge on any atom is -0.430 e. The summed E-state index contributed by atoms with van der Waals surface area (Å²) in [5.74, 6) is 0.273. The lowest BCUT2D eigenvalue weighted by Crippen LogP contribution is -2.00. The first-order valence-corrected chi connectivity index (χ1v) is 5.98. The number of nitrogens with zero attached hydrogens (tertiary/aromatic N) is 3. The van der Waals surface area contributed by atoms with Crippen molar-refractivity contribution in [3.8, 4) is 11.6 Å². The molecule has 2 aromatic rings. The second kappa shape index (κ2) is 5.19. The normalized spacial score (nSPS) is 10.2. The number of hydrogen-bond acceptors (Lipinski definition) is 6. The Labute approximate surface area is 116 Å². The lowest BCUT2D eigenvalue weighted by molar-refractivity contribution is -0.385. The van der Waals surface area contributed by atoms with Gasteiger partial charge in [-0.15, -0.1) is 0 Å². The van der Waals surface area contributed by atoms with Crippen LogP contribution in [0.5, 0.6) is 11.6 Å². The second-order valence-corrected chi connectivity index (χ2v) is 4.51. The van der Waals surface area contributed by atoms with E-state index in [1.165, 1.54) is 6.07 Å². The molecule has 7 nitrogen and oxygen atoms in total. The van der Waals surface area contributed by atoms with Crippen molar-refractivity contribution in [1.82, 2.24) is 9.97 Å². The first-order chi connectivity index (χ1) is 8.97. The van der Waals surface area contributed by atoms with Crippen molar-refractivity contribution in [3.63, 3.8) is 0 Å². The number of nitro benzene ring substituents is 1. The highest BCUT2D eigenvalue weighted by molar-refractivity contribution is 9.10. The van der Waals surface area contributed by atoms with E-state index in [1.54, 1.807) is 25.1 Å². The monoisotopic (exact) mass is 324 g/mol. The minimum atomic E-state index is -0.530. The topological polar surface area (TPSA) is 104 Å². The molecule has 0 aliphatic rings. The molecular formula is C11H9BrN4O3. The van der Waals surface area contributed by atoms with Gasteiger partial charge >= 0.3 is 5.69 Å². The zero-order valence-electron chi connectivity index (χ0n) is 9.83. The summed E-state index contributed by atoms with van der Waals surface area (Å²) in [6.45, 7) is 1.72. The van der Waals surface area contributed by atoms with Gasteiger partial charge in [0.2, 0.25) is 17.6 Å². The fourth-order valence-corrected chi connectivity index (χ4v) is 1.90. The number of benzene rings is 1. The van der Waals surface area contributed by atoms with E-state index in [4.69, 9.17) is 10.5 Å². The lowest BCUT2D eigenvalue weighted by Gasteiger charge is -2.08. The Hall–Kier alpha value is -2.22. The average molecular weight is 325 g/mol. The molecule has 2 N–H and O–H groups in total. The van der Waals surface area contributed by atoms with Crippen LogP contribution in [0.25, 0.3) is 0 Å². The number of hydrogen-bond donors (Lipinski definition) is 1. The van der Waals surface area contributed by atoms with Crippen molar-refractivity contribution in [2.75, 3.05) is 5.73 Å². The van der Waals surface area contributed by atoms with E-state index in [2.05, 4.69) is 25.9 Å². The van der Waals surface area contributed by atoms with Gasteiger partial charge in [0.1, 0.15) is 0 Å². The summed E-state index contributed by atoms with van der Waals surface area (Å²) in [7, 11) is 0. The number of nitrogen functional groups attached to an aromatic ring is 1. The molecule has 1 aromatic heterocycles. The number of aryl methyl sites for hydroxylation is 1. The Morgan fingerprint density at radius 2 is 2.16 bits per heavy atom. The van der Waals surface area contributed by atoms with Gasteiger partial charge in [-0.25, -0.2) is 4.98 Å². The molecular weight excluding hydrogens is 316 g/mol. The summed E-state index contributed by atoms with van der Waals surface area (Å²) in [6, 6.07) is 6.07. The highest BCUT2D eigenvalue weighted by atomic mass is 79.9. The molecule has 2 rings (SSSR count). The minimum absolute atomic E-state index is 0.0460. The van der Waals surface area contributed by atoms with Gasteiger partial charge in [0.15, 0.2) is 0 Å². The molecule has 0 spiro atoms. The molecule has 0 radical (unpaired) electrons. The number of nitro groups is 1. The van der Waals surface area contributed by atoms with E-state index in [0.717, 1.165) is 0 Å². The van der Waals surface area contributed by atoms with Crippen LogP contribution in [0.3, 0.4) is 0 Å².